The highest BCUT2D eigenvalue weighted by Gasteiger charge is 2.33. The van der Waals surface area contributed by atoms with E-state index < -0.39 is 5.60 Å². The van der Waals surface area contributed by atoms with Crippen molar-refractivity contribution < 1.29 is 9.53 Å². The normalized spacial score (nSPS) is 23.9. The van der Waals surface area contributed by atoms with Crippen LogP contribution in [0.4, 0.5) is 4.79 Å². The monoisotopic (exact) mass is 254 g/mol. The number of aromatic nitrogens is 1. The number of carbonyl (C=O) groups is 1. The Balaban J connectivity index is 1.72. The molecule has 1 N–H and O–H groups in total. The fourth-order valence-corrected chi connectivity index (χ4v) is 2.62. The van der Waals surface area contributed by atoms with Gasteiger partial charge in [-0.2, -0.15) is 0 Å². The summed E-state index contributed by atoms with van der Waals surface area (Å²) in [7, 11) is 0. The van der Waals surface area contributed by atoms with Crippen LogP contribution >= 0.6 is 11.3 Å². The molecule has 5 heteroatoms. The molecule has 0 radical (unpaired) electrons. The molecule has 0 unspecified atom stereocenters. The smallest absolute Gasteiger partial charge is 0.407 e. The maximum atomic E-state index is 11.5. The summed E-state index contributed by atoms with van der Waals surface area (Å²) in [5.41, 5.74) is -0.428. The standard InChI is InChI=1S/C12H18N2O2S/c1-12(2,3)16-11(15)14-9-6-8(7-9)10-13-4-5-17-10/h4-5,8-9H,6-7H2,1-3H3,(H,14,15)/t8-,9-. The molecule has 1 fully saturated rings. The summed E-state index contributed by atoms with van der Waals surface area (Å²) in [6, 6.07) is 0.235. The minimum atomic E-state index is -0.428. The quantitative estimate of drug-likeness (QED) is 0.882. The Morgan fingerprint density at radius 2 is 2.24 bits per heavy atom. The van der Waals surface area contributed by atoms with Gasteiger partial charge in [0.1, 0.15) is 5.60 Å². The molecule has 0 saturated heterocycles. The minimum Gasteiger partial charge on any atom is -0.444 e. The van der Waals surface area contributed by atoms with Crippen molar-refractivity contribution in [1.29, 1.82) is 0 Å². The third kappa shape index (κ3) is 3.43. The van der Waals surface area contributed by atoms with E-state index in [4.69, 9.17) is 4.74 Å². The van der Waals surface area contributed by atoms with Crippen LogP contribution in [-0.2, 0) is 4.74 Å². The number of hydrogen-bond donors (Lipinski definition) is 1. The molecule has 0 atom stereocenters. The molecule has 2 rings (SSSR count). The highest BCUT2D eigenvalue weighted by atomic mass is 32.1. The zero-order valence-electron chi connectivity index (χ0n) is 10.4. The zero-order chi connectivity index (χ0) is 12.5. The summed E-state index contributed by atoms with van der Waals surface area (Å²) in [6.07, 6.45) is 3.44. The first-order valence-electron chi connectivity index (χ1n) is 5.83. The molecular formula is C12H18N2O2S. The molecule has 1 saturated carbocycles. The van der Waals surface area contributed by atoms with E-state index in [0.717, 1.165) is 12.8 Å². The van der Waals surface area contributed by atoms with Crippen molar-refractivity contribution in [1.82, 2.24) is 10.3 Å². The van der Waals surface area contributed by atoms with E-state index >= 15 is 0 Å². The number of hydrogen-bond acceptors (Lipinski definition) is 4. The van der Waals surface area contributed by atoms with E-state index in [-0.39, 0.29) is 12.1 Å². The van der Waals surface area contributed by atoms with Crippen molar-refractivity contribution in [3.63, 3.8) is 0 Å². The highest BCUT2D eigenvalue weighted by Crippen LogP contribution is 2.37. The maximum Gasteiger partial charge on any atom is 0.407 e. The lowest BCUT2D eigenvalue weighted by Crippen LogP contribution is -2.45. The molecule has 0 bridgehead atoms. The summed E-state index contributed by atoms with van der Waals surface area (Å²) in [5.74, 6) is 0.509. The van der Waals surface area contributed by atoms with E-state index in [9.17, 15) is 4.79 Å². The average molecular weight is 254 g/mol. The number of ether oxygens (including phenoxy) is 1. The first-order chi connectivity index (χ1) is 7.94. The fourth-order valence-electron chi connectivity index (χ4n) is 1.85. The molecule has 0 aliphatic heterocycles. The van der Waals surface area contributed by atoms with Crippen LogP contribution in [0.1, 0.15) is 44.5 Å². The summed E-state index contributed by atoms with van der Waals surface area (Å²) in [5, 5.41) is 6.04. The van der Waals surface area contributed by atoms with Crippen molar-refractivity contribution in [2.24, 2.45) is 0 Å². The fraction of sp³-hybridized carbons (Fsp3) is 0.667. The highest BCUT2D eigenvalue weighted by molar-refractivity contribution is 7.09. The molecule has 1 aromatic heterocycles. The van der Waals surface area contributed by atoms with Crippen LogP contribution < -0.4 is 5.32 Å². The van der Waals surface area contributed by atoms with E-state index in [1.807, 2.05) is 32.3 Å². The van der Waals surface area contributed by atoms with Gasteiger partial charge in [-0.15, -0.1) is 11.3 Å². The Labute approximate surface area is 105 Å². The van der Waals surface area contributed by atoms with Crippen molar-refractivity contribution >= 4 is 17.4 Å². The predicted molar refractivity (Wildman–Crippen MR) is 67.2 cm³/mol. The van der Waals surface area contributed by atoms with Gasteiger partial charge >= 0.3 is 6.09 Å². The second kappa shape index (κ2) is 4.64. The second-order valence-electron chi connectivity index (χ2n) is 5.38. The van der Waals surface area contributed by atoms with E-state index in [2.05, 4.69) is 10.3 Å². The van der Waals surface area contributed by atoms with Gasteiger partial charge < -0.3 is 10.1 Å². The number of carbonyl (C=O) groups excluding carboxylic acids is 1. The zero-order valence-corrected chi connectivity index (χ0v) is 11.2. The maximum absolute atomic E-state index is 11.5. The van der Waals surface area contributed by atoms with Gasteiger partial charge in [-0.1, -0.05) is 0 Å². The van der Waals surface area contributed by atoms with Gasteiger partial charge in [0.15, 0.2) is 0 Å². The Hall–Kier alpha value is -1.10. The Bertz CT molecular complexity index is 378. The average Bonchev–Trinajstić information content (AvgIpc) is 2.59. The SMILES string of the molecule is CC(C)(C)OC(=O)N[C@H]1C[C@H](c2nccs2)C1. The van der Waals surface area contributed by atoms with E-state index in [1.165, 1.54) is 5.01 Å². The number of nitrogens with zero attached hydrogens (tertiary/aromatic N) is 1. The van der Waals surface area contributed by atoms with Crippen molar-refractivity contribution in [2.45, 2.75) is 51.2 Å². The van der Waals surface area contributed by atoms with Crippen LogP contribution in [0.15, 0.2) is 11.6 Å². The van der Waals surface area contributed by atoms with Crippen molar-refractivity contribution in [3.05, 3.63) is 16.6 Å². The lowest BCUT2D eigenvalue weighted by Gasteiger charge is -2.34. The van der Waals surface area contributed by atoms with Crippen LogP contribution in [0.5, 0.6) is 0 Å². The van der Waals surface area contributed by atoms with Crippen molar-refractivity contribution in [3.8, 4) is 0 Å². The van der Waals surface area contributed by atoms with Gasteiger partial charge in [0.25, 0.3) is 0 Å². The predicted octanol–water partition coefficient (Wildman–Crippen LogP) is 2.91. The summed E-state index contributed by atoms with van der Waals surface area (Å²) in [6.45, 7) is 5.60. The van der Waals surface area contributed by atoms with E-state index in [1.54, 1.807) is 11.3 Å². The second-order valence-corrected chi connectivity index (χ2v) is 6.31. The van der Waals surface area contributed by atoms with Crippen LogP contribution in [0.2, 0.25) is 0 Å². The third-order valence-corrected chi connectivity index (χ3v) is 3.60. The minimum absolute atomic E-state index is 0.235. The number of nitrogens with one attached hydrogen (secondary N) is 1. The molecule has 1 amide bonds. The molecule has 1 aliphatic rings. The number of thiazole rings is 1. The van der Waals surface area contributed by atoms with Gasteiger partial charge in [0, 0.05) is 23.5 Å². The molecule has 17 heavy (non-hydrogen) atoms. The van der Waals surface area contributed by atoms with Gasteiger partial charge in [0.05, 0.1) is 5.01 Å². The molecular weight excluding hydrogens is 236 g/mol. The van der Waals surface area contributed by atoms with Gasteiger partial charge in [-0.25, -0.2) is 9.78 Å². The van der Waals surface area contributed by atoms with Crippen LogP contribution in [0.25, 0.3) is 0 Å². The lowest BCUT2D eigenvalue weighted by atomic mass is 9.81. The van der Waals surface area contributed by atoms with Crippen LogP contribution in [0, 0.1) is 0 Å². The molecule has 1 heterocycles. The number of amides is 1. The van der Waals surface area contributed by atoms with Gasteiger partial charge in [-0.05, 0) is 33.6 Å². The number of rotatable bonds is 2. The molecule has 1 aromatic rings. The van der Waals surface area contributed by atoms with Gasteiger partial charge in [-0.3, -0.25) is 0 Å². The number of alkyl carbamates (subject to hydrolysis) is 1. The molecule has 4 nitrogen and oxygen atoms in total. The molecule has 0 aromatic carbocycles. The first kappa shape index (κ1) is 12.4. The Morgan fingerprint density at radius 1 is 1.53 bits per heavy atom. The molecule has 1 aliphatic carbocycles. The van der Waals surface area contributed by atoms with Crippen molar-refractivity contribution in [2.75, 3.05) is 0 Å². The Kier molecular flexibility index (Phi) is 3.38. The summed E-state index contributed by atoms with van der Waals surface area (Å²) >= 11 is 1.68. The Morgan fingerprint density at radius 3 is 2.76 bits per heavy atom. The van der Waals surface area contributed by atoms with Gasteiger partial charge in [0.2, 0.25) is 0 Å². The first-order valence-corrected chi connectivity index (χ1v) is 6.71. The molecule has 0 spiro atoms. The summed E-state index contributed by atoms with van der Waals surface area (Å²) < 4.78 is 5.21. The third-order valence-electron chi connectivity index (χ3n) is 2.66. The largest absolute Gasteiger partial charge is 0.444 e. The van der Waals surface area contributed by atoms with Crippen LogP contribution in [0.3, 0.4) is 0 Å². The lowest BCUT2D eigenvalue weighted by molar-refractivity contribution is 0.0471. The summed E-state index contributed by atoms with van der Waals surface area (Å²) in [4.78, 5) is 15.8. The topological polar surface area (TPSA) is 51.2 Å². The van der Waals surface area contributed by atoms with Crippen LogP contribution in [-0.4, -0.2) is 22.7 Å². The van der Waals surface area contributed by atoms with E-state index in [0.29, 0.717) is 5.92 Å². The molecule has 94 valence electrons.